The summed E-state index contributed by atoms with van der Waals surface area (Å²) in [6.45, 7) is 1.63. The van der Waals surface area contributed by atoms with Crippen LogP contribution >= 0.6 is 27.5 Å². The Morgan fingerprint density at radius 1 is 1.73 bits per heavy atom. The summed E-state index contributed by atoms with van der Waals surface area (Å²) in [5.41, 5.74) is 0.509. The molecule has 0 aliphatic carbocycles. The Morgan fingerprint density at radius 2 is 2.36 bits per heavy atom. The third kappa shape index (κ3) is 2.15. The molecule has 0 bridgehead atoms. The molecule has 0 aromatic carbocycles. The summed E-state index contributed by atoms with van der Waals surface area (Å²) < 4.78 is 0.812. The normalized spacial score (nSPS) is 13.1. The molecule has 1 aromatic heterocycles. The van der Waals surface area contributed by atoms with Crippen molar-refractivity contribution in [3.8, 4) is 0 Å². The highest BCUT2D eigenvalue weighted by Gasteiger charge is 2.07. The van der Waals surface area contributed by atoms with E-state index in [1.807, 2.05) is 0 Å². The largest absolute Gasteiger partial charge is 0.387 e. The van der Waals surface area contributed by atoms with Gasteiger partial charge < -0.3 is 5.11 Å². The Morgan fingerprint density at radius 3 is 2.82 bits per heavy atom. The molecule has 2 nitrogen and oxygen atoms in total. The number of hydrogen-bond acceptors (Lipinski definition) is 2. The van der Waals surface area contributed by atoms with Crippen LogP contribution < -0.4 is 0 Å². The molecule has 1 N–H and O–H groups in total. The van der Waals surface area contributed by atoms with Gasteiger partial charge in [0.1, 0.15) is 0 Å². The molecule has 0 fully saturated rings. The first-order valence-corrected chi connectivity index (χ1v) is 4.27. The third-order valence-electron chi connectivity index (χ3n) is 1.23. The minimum absolute atomic E-state index is 0.481. The standard InChI is InChI=1S/C7H7BrClNO/c1-4(11)7-6(9)2-5(8)3-10-7/h2-4,11H,1H3. The van der Waals surface area contributed by atoms with Gasteiger partial charge in [0.15, 0.2) is 0 Å². The van der Waals surface area contributed by atoms with E-state index in [1.165, 1.54) is 0 Å². The monoisotopic (exact) mass is 235 g/mol. The van der Waals surface area contributed by atoms with E-state index in [4.69, 9.17) is 16.7 Å². The molecule has 4 heteroatoms. The van der Waals surface area contributed by atoms with Crippen LogP contribution in [0.2, 0.25) is 5.02 Å². The SMILES string of the molecule is CC(O)c1ncc(Br)cc1Cl. The number of pyridine rings is 1. The quantitative estimate of drug-likeness (QED) is 0.813. The lowest BCUT2D eigenvalue weighted by atomic mass is 10.2. The van der Waals surface area contributed by atoms with Crippen LogP contribution in [0.4, 0.5) is 0 Å². The molecule has 1 heterocycles. The molecule has 0 spiro atoms. The zero-order chi connectivity index (χ0) is 8.43. The topological polar surface area (TPSA) is 33.1 Å². The maximum atomic E-state index is 9.13. The Hall–Kier alpha value is -0.120. The molecule has 1 rings (SSSR count). The van der Waals surface area contributed by atoms with Gasteiger partial charge in [-0.05, 0) is 28.9 Å². The number of nitrogens with zero attached hydrogens (tertiary/aromatic N) is 1. The lowest BCUT2D eigenvalue weighted by Gasteiger charge is -2.04. The second-order valence-corrected chi connectivity index (χ2v) is 3.52. The minimum atomic E-state index is -0.615. The van der Waals surface area contributed by atoms with Crippen molar-refractivity contribution < 1.29 is 5.11 Å². The molecule has 0 aliphatic rings. The summed E-state index contributed by atoms with van der Waals surface area (Å²) in [5, 5.41) is 9.61. The number of aliphatic hydroxyl groups excluding tert-OH is 1. The van der Waals surface area contributed by atoms with Crippen molar-refractivity contribution in [2.45, 2.75) is 13.0 Å². The summed E-state index contributed by atoms with van der Waals surface area (Å²) >= 11 is 8.99. The Balaban J connectivity index is 3.09. The highest BCUT2D eigenvalue weighted by atomic mass is 79.9. The van der Waals surface area contributed by atoms with Crippen LogP contribution in [0.25, 0.3) is 0 Å². The molecule has 11 heavy (non-hydrogen) atoms. The summed E-state index contributed by atoms with van der Waals surface area (Å²) in [4.78, 5) is 3.95. The first-order chi connectivity index (χ1) is 5.11. The molecule has 1 unspecified atom stereocenters. The van der Waals surface area contributed by atoms with Gasteiger partial charge in [-0.2, -0.15) is 0 Å². The van der Waals surface area contributed by atoms with Crippen LogP contribution in [0, 0.1) is 0 Å². The summed E-state index contributed by atoms with van der Waals surface area (Å²) in [7, 11) is 0. The van der Waals surface area contributed by atoms with Crippen molar-refractivity contribution >= 4 is 27.5 Å². The van der Waals surface area contributed by atoms with Gasteiger partial charge >= 0.3 is 0 Å². The molecule has 0 saturated heterocycles. The number of rotatable bonds is 1. The first-order valence-electron chi connectivity index (χ1n) is 3.10. The van der Waals surface area contributed by atoms with Crippen molar-refractivity contribution in [3.05, 3.63) is 27.5 Å². The van der Waals surface area contributed by atoms with Gasteiger partial charge in [-0.3, -0.25) is 4.98 Å². The molecule has 0 amide bonds. The highest BCUT2D eigenvalue weighted by molar-refractivity contribution is 9.10. The van der Waals surface area contributed by atoms with E-state index in [2.05, 4.69) is 20.9 Å². The molecule has 1 atom stereocenters. The van der Waals surface area contributed by atoms with Crippen LogP contribution in [0.3, 0.4) is 0 Å². The molecular weight excluding hydrogens is 229 g/mol. The maximum absolute atomic E-state index is 9.13. The van der Waals surface area contributed by atoms with Crippen LogP contribution in [-0.4, -0.2) is 10.1 Å². The van der Waals surface area contributed by atoms with Crippen LogP contribution in [-0.2, 0) is 0 Å². The van der Waals surface area contributed by atoms with E-state index in [0.717, 1.165) is 4.47 Å². The predicted molar refractivity (Wildman–Crippen MR) is 47.6 cm³/mol. The second-order valence-electron chi connectivity index (χ2n) is 2.20. The van der Waals surface area contributed by atoms with Gasteiger partial charge in [0.05, 0.1) is 16.8 Å². The highest BCUT2D eigenvalue weighted by Crippen LogP contribution is 2.23. The number of halogens is 2. The molecule has 60 valence electrons. The van der Waals surface area contributed by atoms with Gasteiger partial charge in [-0.15, -0.1) is 0 Å². The average Bonchev–Trinajstić information content (AvgIpc) is 1.85. The fraction of sp³-hybridized carbons (Fsp3) is 0.286. The van der Waals surface area contributed by atoms with Crippen LogP contribution in [0.5, 0.6) is 0 Å². The van der Waals surface area contributed by atoms with Crippen LogP contribution in [0.15, 0.2) is 16.7 Å². The third-order valence-corrected chi connectivity index (χ3v) is 1.97. The average molecular weight is 236 g/mol. The number of aromatic nitrogens is 1. The maximum Gasteiger partial charge on any atom is 0.0946 e. The van der Waals surface area contributed by atoms with Gasteiger partial charge in [-0.1, -0.05) is 11.6 Å². The van der Waals surface area contributed by atoms with E-state index in [0.29, 0.717) is 10.7 Å². The number of aliphatic hydroxyl groups is 1. The van der Waals surface area contributed by atoms with Crippen molar-refractivity contribution in [1.82, 2.24) is 4.98 Å². The summed E-state index contributed by atoms with van der Waals surface area (Å²) in [5.74, 6) is 0. The van der Waals surface area contributed by atoms with E-state index in [1.54, 1.807) is 19.2 Å². The second kappa shape index (κ2) is 3.52. The van der Waals surface area contributed by atoms with Crippen molar-refractivity contribution in [2.24, 2.45) is 0 Å². The van der Waals surface area contributed by atoms with E-state index < -0.39 is 6.10 Å². The van der Waals surface area contributed by atoms with Crippen molar-refractivity contribution in [3.63, 3.8) is 0 Å². The predicted octanol–water partition coefficient (Wildman–Crippen LogP) is 2.55. The summed E-state index contributed by atoms with van der Waals surface area (Å²) in [6.07, 6.45) is 0.990. The molecule has 0 radical (unpaired) electrons. The van der Waals surface area contributed by atoms with Gasteiger partial charge in [-0.25, -0.2) is 0 Å². The molecule has 0 saturated carbocycles. The first kappa shape index (κ1) is 8.97. The Kier molecular flexibility index (Phi) is 2.87. The number of hydrogen-bond donors (Lipinski definition) is 1. The van der Waals surface area contributed by atoms with Crippen molar-refractivity contribution in [1.29, 1.82) is 0 Å². The van der Waals surface area contributed by atoms with E-state index in [9.17, 15) is 0 Å². The van der Waals surface area contributed by atoms with Gasteiger partial charge in [0.25, 0.3) is 0 Å². The fourth-order valence-electron chi connectivity index (χ4n) is 0.733. The molecular formula is C7H7BrClNO. The fourth-order valence-corrected chi connectivity index (χ4v) is 1.52. The van der Waals surface area contributed by atoms with Gasteiger partial charge in [0, 0.05) is 10.7 Å². The van der Waals surface area contributed by atoms with E-state index >= 15 is 0 Å². The van der Waals surface area contributed by atoms with Gasteiger partial charge in [0.2, 0.25) is 0 Å². The lowest BCUT2D eigenvalue weighted by molar-refractivity contribution is 0.194. The zero-order valence-electron chi connectivity index (χ0n) is 5.88. The minimum Gasteiger partial charge on any atom is -0.387 e. The summed E-state index contributed by atoms with van der Waals surface area (Å²) in [6, 6.07) is 1.70. The Bertz CT molecular complexity index is 265. The zero-order valence-corrected chi connectivity index (χ0v) is 8.22. The smallest absolute Gasteiger partial charge is 0.0946 e. The van der Waals surface area contributed by atoms with E-state index in [-0.39, 0.29) is 0 Å². The Labute approximate surface area is 78.3 Å². The molecule has 0 aliphatic heterocycles. The lowest BCUT2D eigenvalue weighted by Crippen LogP contribution is -1.95. The van der Waals surface area contributed by atoms with Crippen molar-refractivity contribution in [2.75, 3.05) is 0 Å². The molecule has 1 aromatic rings. The van der Waals surface area contributed by atoms with Crippen LogP contribution in [0.1, 0.15) is 18.7 Å².